The molecule has 0 bridgehead atoms. The standard InChI is InChI=1S/C22H23N3O2S/c1-2-25(20-10-4-3-5-11-20)28(26,27)21-12-13-22(23-16-21)24-15-14-18-8-6-7-9-19(18)17-24/h3-13,16H,2,14-15,17H2,1H3. The second-order valence-electron chi connectivity index (χ2n) is 6.80. The molecule has 0 aliphatic carbocycles. The number of fused-ring (bicyclic) bond motifs is 1. The first kappa shape index (κ1) is 18.5. The molecule has 0 unspecified atom stereocenters. The Kier molecular flexibility index (Phi) is 5.05. The van der Waals surface area contributed by atoms with E-state index in [0.717, 1.165) is 25.3 Å². The summed E-state index contributed by atoms with van der Waals surface area (Å²) < 4.78 is 27.6. The molecule has 0 fully saturated rings. The predicted octanol–water partition coefficient (Wildman–Crippen LogP) is 3.86. The molecule has 2 heterocycles. The van der Waals surface area contributed by atoms with Crippen molar-refractivity contribution in [1.82, 2.24) is 4.98 Å². The molecule has 0 amide bonds. The lowest BCUT2D eigenvalue weighted by molar-refractivity contribution is 0.591. The highest BCUT2D eigenvalue weighted by Gasteiger charge is 2.24. The van der Waals surface area contributed by atoms with Crippen molar-refractivity contribution in [2.45, 2.75) is 24.8 Å². The summed E-state index contributed by atoms with van der Waals surface area (Å²) >= 11 is 0. The quantitative estimate of drug-likeness (QED) is 0.661. The van der Waals surface area contributed by atoms with Gasteiger partial charge in [-0.1, -0.05) is 42.5 Å². The summed E-state index contributed by atoms with van der Waals surface area (Å²) in [6.45, 7) is 3.86. The fourth-order valence-electron chi connectivity index (χ4n) is 3.62. The molecule has 144 valence electrons. The van der Waals surface area contributed by atoms with E-state index in [1.54, 1.807) is 24.3 Å². The molecule has 0 saturated heterocycles. The number of para-hydroxylation sites is 1. The van der Waals surface area contributed by atoms with Crippen LogP contribution >= 0.6 is 0 Å². The number of benzene rings is 2. The number of rotatable bonds is 5. The lowest BCUT2D eigenvalue weighted by Gasteiger charge is -2.30. The molecule has 0 N–H and O–H groups in total. The monoisotopic (exact) mass is 393 g/mol. The van der Waals surface area contributed by atoms with Crippen LogP contribution in [0.4, 0.5) is 11.5 Å². The molecule has 2 aromatic carbocycles. The van der Waals surface area contributed by atoms with Crippen LogP contribution in [-0.4, -0.2) is 26.5 Å². The van der Waals surface area contributed by atoms with Gasteiger partial charge in [0.2, 0.25) is 0 Å². The summed E-state index contributed by atoms with van der Waals surface area (Å²) in [5.41, 5.74) is 3.33. The topological polar surface area (TPSA) is 53.5 Å². The number of pyridine rings is 1. The Morgan fingerprint density at radius 1 is 0.964 bits per heavy atom. The van der Waals surface area contributed by atoms with E-state index in [-0.39, 0.29) is 4.90 Å². The third-order valence-corrected chi connectivity index (χ3v) is 6.98. The van der Waals surface area contributed by atoms with Crippen LogP contribution in [0.3, 0.4) is 0 Å². The molecule has 6 heteroatoms. The Balaban J connectivity index is 1.58. The molecule has 28 heavy (non-hydrogen) atoms. The minimum atomic E-state index is -3.65. The average molecular weight is 394 g/mol. The Morgan fingerprint density at radius 3 is 2.36 bits per heavy atom. The van der Waals surface area contributed by atoms with Crippen LogP contribution in [0.15, 0.2) is 77.8 Å². The Bertz CT molecular complexity index is 1050. The van der Waals surface area contributed by atoms with E-state index in [2.05, 4.69) is 28.1 Å². The van der Waals surface area contributed by atoms with E-state index in [9.17, 15) is 8.42 Å². The number of hydrogen-bond donors (Lipinski definition) is 0. The van der Waals surface area contributed by atoms with Gasteiger partial charge in [0.25, 0.3) is 10.0 Å². The molecular weight excluding hydrogens is 370 g/mol. The molecule has 0 spiro atoms. The minimum absolute atomic E-state index is 0.208. The van der Waals surface area contributed by atoms with Gasteiger partial charge in [-0.05, 0) is 48.7 Å². The van der Waals surface area contributed by atoms with Crippen LogP contribution in [0.1, 0.15) is 18.1 Å². The van der Waals surface area contributed by atoms with E-state index < -0.39 is 10.0 Å². The molecule has 0 atom stereocenters. The van der Waals surface area contributed by atoms with Crippen molar-refractivity contribution in [3.05, 3.63) is 84.1 Å². The highest BCUT2D eigenvalue weighted by atomic mass is 32.2. The fourth-order valence-corrected chi connectivity index (χ4v) is 5.04. The normalized spacial score (nSPS) is 13.8. The van der Waals surface area contributed by atoms with Crippen LogP contribution in [0, 0.1) is 0 Å². The summed E-state index contributed by atoms with van der Waals surface area (Å²) in [6.07, 6.45) is 2.44. The van der Waals surface area contributed by atoms with Crippen molar-refractivity contribution in [3.63, 3.8) is 0 Å². The van der Waals surface area contributed by atoms with E-state index in [0.29, 0.717) is 12.2 Å². The van der Waals surface area contributed by atoms with Crippen LogP contribution in [0.25, 0.3) is 0 Å². The number of aromatic nitrogens is 1. The molecule has 1 aliphatic rings. The highest BCUT2D eigenvalue weighted by molar-refractivity contribution is 7.92. The van der Waals surface area contributed by atoms with E-state index in [1.807, 2.05) is 31.2 Å². The molecular formula is C22H23N3O2S. The molecule has 5 nitrogen and oxygen atoms in total. The lowest BCUT2D eigenvalue weighted by atomic mass is 10.00. The maximum Gasteiger partial charge on any atom is 0.265 e. The summed E-state index contributed by atoms with van der Waals surface area (Å²) in [4.78, 5) is 6.87. The Labute approximate surface area is 166 Å². The zero-order chi connectivity index (χ0) is 19.6. The highest BCUT2D eigenvalue weighted by Crippen LogP contribution is 2.26. The van der Waals surface area contributed by atoms with Crippen molar-refractivity contribution in [2.24, 2.45) is 0 Å². The zero-order valence-corrected chi connectivity index (χ0v) is 16.6. The second kappa shape index (κ2) is 7.64. The lowest BCUT2D eigenvalue weighted by Crippen LogP contribution is -2.32. The first-order valence-electron chi connectivity index (χ1n) is 9.45. The zero-order valence-electron chi connectivity index (χ0n) is 15.8. The van der Waals surface area contributed by atoms with Crippen LogP contribution in [0.2, 0.25) is 0 Å². The molecule has 4 rings (SSSR count). The van der Waals surface area contributed by atoms with Gasteiger partial charge in [-0.15, -0.1) is 0 Å². The molecule has 3 aromatic rings. The third kappa shape index (κ3) is 3.47. The van der Waals surface area contributed by atoms with Crippen molar-refractivity contribution >= 4 is 21.5 Å². The van der Waals surface area contributed by atoms with E-state index >= 15 is 0 Å². The van der Waals surface area contributed by atoms with Crippen molar-refractivity contribution < 1.29 is 8.42 Å². The fraction of sp³-hybridized carbons (Fsp3) is 0.227. The smallest absolute Gasteiger partial charge is 0.265 e. The second-order valence-corrected chi connectivity index (χ2v) is 8.66. The molecule has 1 aliphatic heterocycles. The average Bonchev–Trinajstić information content (AvgIpc) is 2.74. The molecule has 0 radical (unpaired) electrons. The SMILES string of the molecule is CCN(c1ccccc1)S(=O)(=O)c1ccc(N2CCc3ccccc3C2)nc1. The predicted molar refractivity (Wildman–Crippen MR) is 112 cm³/mol. The van der Waals surface area contributed by atoms with Gasteiger partial charge >= 0.3 is 0 Å². The summed E-state index contributed by atoms with van der Waals surface area (Å²) in [5.74, 6) is 0.802. The van der Waals surface area contributed by atoms with Gasteiger partial charge in [0, 0.05) is 25.8 Å². The summed E-state index contributed by atoms with van der Waals surface area (Å²) in [5, 5.41) is 0. The maximum atomic E-state index is 13.1. The van der Waals surface area contributed by atoms with Crippen molar-refractivity contribution in [2.75, 3.05) is 22.3 Å². The largest absolute Gasteiger partial charge is 0.352 e. The van der Waals surface area contributed by atoms with Crippen molar-refractivity contribution in [3.8, 4) is 0 Å². The first-order chi connectivity index (χ1) is 13.6. The Hall–Kier alpha value is -2.86. The van der Waals surface area contributed by atoms with Gasteiger partial charge in [0.05, 0.1) is 5.69 Å². The van der Waals surface area contributed by atoms with Gasteiger partial charge in [-0.3, -0.25) is 4.31 Å². The van der Waals surface area contributed by atoms with Crippen molar-refractivity contribution in [1.29, 1.82) is 0 Å². The number of sulfonamides is 1. The van der Waals surface area contributed by atoms with Gasteiger partial charge in [0.1, 0.15) is 10.7 Å². The van der Waals surface area contributed by atoms with E-state index in [4.69, 9.17) is 0 Å². The first-order valence-corrected chi connectivity index (χ1v) is 10.9. The summed E-state index contributed by atoms with van der Waals surface area (Å²) in [6, 6.07) is 21.0. The van der Waals surface area contributed by atoms with Crippen LogP contribution in [-0.2, 0) is 23.0 Å². The van der Waals surface area contributed by atoms with Gasteiger partial charge in [-0.25, -0.2) is 13.4 Å². The summed E-state index contributed by atoms with van der Waals surface area (Å²) in [7, 11) is -3.65. The maximum absolute atomic E-state index is 13.1. The van der Waals surface area contributed by atoms with Gasteiger partial charge in [-0.2, -0.15) is 0 Å². The van der Waals surface area contributed by atoms with Crippen LogP contribution in [0.5, 0.6) is 0 Å². The number of hydrogen-bond acceptors (Lipinski definition) is 4. The third-order valence-electron chi connectivity index (χ3n) is 5.09. The van der Waals surface area contributed by atoms with Gasteiger partial charge in [0.15, 0.2) is 0 Å². The van der Waals surface area contributed by atoms with Crippen LogP contribution < -0.4 is 9.21 Å². The Morgan fingerprint density at radius 2 is 1.68 bits per heavy atom. The van der Waals surface area contributed by atoms with E-state index in [1.165, 1.54) is 21.6 Å². The minimum Gasteiger partial charge on any atom is -0.352 e. The molecule has 0 saturated carbocycles. The van der Waals surface area contributed by atoms with Gasteiger partial charge < -0.3 is 4.90 Å². The number of nitrogens with zero attached hydrogens (tertiary/aromatic N) is 3. The molecule has 1 aromatic heterocycles. The number of anilines is 2.